The van der Waals surface area contributed by atoms with Crippen LogP contribution in [0.1, 0.15) is 22.0 Å². The molecule has 2 heterocycles. The van der Waals surface area contributed by atoms with Gasteiger partial charge in [-0.25, -0.2) is 0 Å². The Bertz CT molecular complexity index is 774. The zero-order valence-corrected chi connectivity index (χ0v) is 15.5. The first kappa shape index (κ1) is 19.0. The summed E-state index contributed by atoms with van der Waals surface area (Å²) in [6.07, 6.45) is 1.47. The number of rotatable bonds is 7. The lowest BCUT2D eigenvalue weighted by molar-refractivity contribution is -0.125. The molecule has 0 radical (unpaired) electrons. The van der Waals surface area contributed by atoms with Crippen molar-refractivity contribution in [2.45, 2.75) is 5.92 Å². The molecular weight excluding hydrogens is 348 g/mol. The van der Waals surface area contributed by atoms with E-state index in [4.69, 9.17) is 13.9 Å². The Hall–Kier alpha value is -2.80. The van der Waals surface area contributed by atoms with Crippen molar-refractivity contribution in [2.75, 3.05) is 40.5 Å². The maximum atomic E-state index is 12.8. The highest BCUT2D eigenvalue weighted by atomic mass is 16.5. The number of benzene rings is 1. The number of furan rings is 1. The second-order valence-electron chi connectivity index (χ2n) is 6.43. The lowest BCUT2D eigenvalue weighted by atomic mass is 9.87. The van der Waals surface area contributed by atoms with Crippen LogP contribution in [0.15, 0.2) is 47.1 Å². The molecule has 7 heteroatoms. The summed E-state index contributed by atoms with van der Waals surface area (Å²) in [6.45, 7) is 1.60. The minimum Gasteiger partial charge on any atom is -0.496 e. The Balaban J connectivity index is 1.85. The zero-order valence-electron chi connectivity index (χ0n) is 15.5. The lowest BCUT2D eigenvalue weighted by Crippen LogP contribution is -2.37. The Labute approximate surface area is 158 Å². The predicted octanol–water partition coefficient (Wildman–Crippen LogP) is 1.91. The van der Waals surface area contributed by atoms with E-state index in [1.54, 1.807) is 31.3 Å². The van der Waals surface area contributed by atoms with Crippen LogP contribution in [-0.2, 0) is 9.53 Å². The van der Waals surface area contributed by atoms with Gasteiger partial charge in [-0.3, -0.25) is 9.59 Å². The molecule has 1 fully saturated rings. The first-order valence-electron chi connectivity index (χ1n) is 8.88. The van der Waals surface area contributed by atoms with Crippen LogP contribution >= 0.6 is 0 Å². The highest BCUT2D eigenvalue weighted by molar-refractivity contribution is 5.92. The van der Waals surface area contributed by atoms with E-state index in [0.29, 0.717) is 32.0 Å². The van der Waals surface area contributed by atoms with Crippen LogP contribution in [0.3, 0.4) is 0 Å². The minimum absolute atomic E-state index is 0.0994. The average molecular weight is 372 g/mol. The molecular formula is C20H24N2O5. The van der Waals surface area contributed by atoms with Crippen molar-refractivity contribution in [1.29, 1.82) is 0 Å². The normalized spacial score (nSPS) is 19.1. The van der Waals surface area contributed by atoms with Gasteiger partial charge in [-0.05, 0) is 23.8 Å². The van der Waals surface area contributed by atoms with E-state index in [9.17, 15) is 9.59 Å². The number of nitrogens with zero attached hydrogens (tertiary/aromatic N) is 1. The van der Waals surface area contributed by atoms with Gasteiger partial charge in [-0.2, -0.15) is 0 Å². The van der Waals surface area contributed by atoms with Gasteiger partial charge in [-0.1, -0.05) is 18.2 Å². The van der Waals surface area contributed by atoms with Crippen LogP contribution < -0.4 is 10.1 Å². The molecule has 144 valence electrons. The van der Waals surface area contributed by atoms with Crippen LogP contribution in [-0.4, -0.2) is 57.2 Å². The fourth-order valence-electron chi connectivity index (χ4n) is 3.49. The topological polar surface area (TPSA) is 81.0 Å². The molecule has 2 aromatic rings. The summed E-state index contributed by atoms with van der Waals surface area (Å²) in [6, 6.07) is 10.9. The van der Waals surface area contributed by atoms with Crippen molar-refractivity contribution in [3.05, 3.63) is 54.0 Å². The third-order valence-electron chi connectivity index (χ3n) is 4.82. The number of ether oxygens (including phenoxy) is 2. The van der Waals surface area contributed by atoms with E-state index >= 15 is 0 Å². The zero-order chi connectivity index (χ0) is 19.2. The first-order valence-corrected chi connectivity index (χ1v) is 8.88. The average Bonchev–Trinajstić information content (AvgIpc) is 3.37. The molecule has 2 unspecified atom stereocenters. The van der Waals surface area contributed by atoms with Gasteiger partial charge in [0.1, 0.15) is 5.75 Å². The van der Waals surface area contributed by atoms with Crippen LogP contribution in [0.25, 0.3) is 0 Å². The number of carbonyl (C=O) groups excluding carboxylic acids is 2. The van der Waals surface area contributed by atoms with Gasteiger partial charge >= 0.3 is 0 Å². The van der Waals surface area contributed by atoms with E-state index in [1.165, 1.54) is 6.26 Å². The van der Waals surface area contributed by atoms with Crippen LogP contribution in [0.4, 0.5) is 0 Å². The summed E-state index contributed by atoms with van der Waals surface area (Å²) >= 11 is 0. The van der Waals surface area contributed by atoms with Gasteiger partial charge < -0.3 is 24.1 Å². The Morgan fingerprint density at radius 1 is 1.19 bits per heavy atom. The number of hydrogen-bond donors (Lipinski definition) is 1. The maximum Gasteiger partial charge on any atom is 0.289 e. The van der Waals surface area contributed by atoms with Crippen LogP contribution in [0.2, 0.25) is 0 Å². The highest BCUT2D eigenvalue weighted by Gasteiger charge is 2.42. The summed E-state index contributed by atoms with van der Waals surface area (Å²) in [5.74, 6) is 0.128. The molecule has 0 bridgehead atoms. The molecule has 1 aliphatic rings. The number of amides is 2. The van der Waals surface area contributed by atoms with E-state index in [2.05, 4.69) is 5.32 Å². The molecule has 1 aliphatic heterocycles. The number of likely N-dealkylation sites (tertiary alicyclic amines) is 1. The van der Waals surface area contributed by atoms with Crippen LogP contribution in [0, 0.1) is 5.92 Å². The van der Waals surface area contributed by atoms with Crippen molar-refractivity contribution in [3.8, 4) is 5.75 Å². The summed E-state index contributed by atoms with van der Waals surface area (Å²) in [5.41, 5.74) is 0.918. The fourth-order valence-corrected chi connectivity index (χ4v) is 3.49. The van der Waals surface area contributed by atoms with Gasteiger partial charge in [-0.15, -0.1) is 0 Å². The van der Waals surface area contributed by atoms with Gasteiger partial charge in [0.25, 0.3) is 5.91 Å². The molecule has 3 rings (SSSR count). The summed E-state index contributed by atoms with van der Waals surface area (Å²) in [4.78, 5) is 27.2. The summed E-state index contributed by atoms with van der Waals surface area (Å²) in [5, 5.41) is 2.89. The highest BCUT2D eigenvalue weighted by Crippen LogP contribution is 2.38. The summed E-state index contributed by atoms with van der Waals surface area (Å²) in [7, 11) is 3.19. The van der Waals surface area contributed by atoms with Crippen molar-refractivity contribution in [2.24, 2.45) is 5.92 Å². The second kappa shape index (κ2) is 8.73. The first-order chi connectivity index (χ1) is 13.2. The SMILES string of the molecule is COCCNC(=O)C1CN(C(=O)c2ccco2)CC1c1ccccc1OC. The van der Waals surface area contributed by atoms with Gasteiger partial charge in [0.05, 0.1) is 25.9 Å². The van der Waals surface area contributed by atoms with E-state index in [0.717, 1.165) is 5.56 Å². The van der Waals surface area contributed by atoms with Crippen molar-refractivity contribution >= 4 is 11.8 Å². The maximum absolute atomic E-state index is 12.8. The van der Waals surface area contributed by atoms with Crippen molar-refractivity contribution in [1.82, 2.24) is 10.2 Å². The fraction of sp³-hybridized carbons (Fsp3) is 0.400. The molecule has 2 amide bonds. The van der Waals surface area contributed by atoms with E-state index in [-0.39, 0.29) is 29.4 Å². The van der Waals surface area contributed by atoms with E-state index in [1.807, 2.05) is 24.3 Å². The monoisotopic (exact) mass is 372 g/mol. The molecule has 7 nitrogen and oxygen atoms in total. The third-order valence-corrected chi connectivity index (χ3v) is 4.82. The molecule has 1 N–H and O–H groups in total. The number of hydrogen-bond acceptors (Lipinski definition) is 5. The lowest BCUT2D eigenvalue weighted by Gasteiger charge is -2.20. The molecule has 1 saturated heterocycles. The molecule has 1 aromatic carbocycles. The minimum atomic E-state index is -0.378. The molecule has 0 aliphatic carbocycles. The molecule has 0 saturated carbocycles. The second-order valence-corrected chi connectivity index (χ2v) is 6.43. The van der Waals surface area contributed by atoms with Crippen molar-refractivity contribution < 1.29 is 23.5 Å². The number of carbonyl (C=O) groups is 2. The van der Waals surface area contributed by atoms with Gasteiger partial charge in [0.15, 0.2) is 5.76 Å². The largest absolute Gasteiger partial charge is 0.496 e. The molecule has 2 atom stereocenters. The smallest absolute Gasteiger partial charge is 0.289 e. The molecule has 0 spiro atoms. The third kappa shape index (κ3) is 4.14. The Morgan fingerprint density at radius 2 is 2.00 bits per heavy atom. The van der Waals surface area contributed by atoms with Gasteiger partial charge in [0, 0.05) is 32.7 Å². The van der Waals surface area contributed by atoms with E-state index < -0.39 is 0 Å². The quantitative estimate of drug-likeness (QED) is 0.751. The number of methoxy groups -OCH3 is 2. The molecule has 1 aromatic heterocycles. The Kier molecular flexibility index (Phi) is 6.13. The Morgan fingerprint density at radius 3 is 2.70 bits per heavy atom. The number of para-hydroxylation sites is 1. The molecule has 27 heavy (non-hydrogen) atoms. The van der Waals surface area contributed by atoms with Gasteiger partial charge in [0.2, 0.25) is 5.91 Å². The predicted molar refractivity (Wildman–Crippen MR) is 98.7 cm³/mol. The van der Waals surface area contributed by atoms with Crippen LogP contribution in [0.5, 0.6) is 5.75 Å². The van der Waals surface area contributed by atoms with Crippen molar-refractivity contribution in [3.63, 3.8) is 0 Å². The summed E-state index contributed by atoms with van der Waals surface area (Å²) < 4.78 is 15.7. The number of nitrogens with one attached hydrogen (secondary N) is 1. The standard InChI is InChI=1S/C20H24N2O5/c1-25-11-9-21-19(23)16-13-22(20(24)18-8-5-10-27-18)12-15(16)14-6-3-4-7-17(14)26-2/h3-8,10,15-16H,9,11-13H2,1-2H3,(H,21,23).